The summed E-state index contributed by atoms with van der Waals surface area (Å²) < 4.78 is 16.9. The highest BCUT2D eigenvalue weighted by atomic mass is 16.5. The summed E-state index contributed by atoms with van der Waals surface area (Å²) in [5.41, 5.74) is 0.879. The SMILES string of the molecule is COc1cc(OC)cc(N2C(=O)N[C@H]3C[C@@]2(C)Oc2ccccc23)c1. The number of urea groups is 1. The number of hydrogen-bond donors (Lipinski definition) is 1. The van der Waals surface area contributed by atoms with E-state index in [2.05, 4.69) is 5.32 Å². The number of methoxy groups -OCH3 is 2. The molecule has 2 aromatic carbocycles. The second kappa shape index (κ2) is 5.58. The van der Waals surface area contributed by atoms with Crippen LogP contribution in [0.15, 0.2) is 42.5 Å². The Bertz CT molecular complexity index is 816. The van der Waals surface area contributed by atoms with Gasteiger partial charge in [0, 0.05) is 30.2 Å². The van der Waals surface area contributed by atoms with Crippen LogP contribution < -0.4 is 24.4 Å². The van der Waals surface area contributed by atoms with Gasteiger partial charge in [0.15, 0.2) is 5.72 Å². The van der Waals surface area contributed by atoms with Gasteiger partial charge < -0.3 is 19.5 Å². The number of rotatable bonds is 3. The topological polar surface area (TPSA) is 60.0 Å². The molecule has 1 saturated heterocycles. The summed E-state index contributed by atoms with van der Waals surface area (Å²) in [6.45, 7) is 1.93. The standard InChI is InChI=1S/C19H20N2O4/c1-19-11-16(15-6-4-5-7-17(15)25-19)20-18(22)21(19)12-8-13(23-2)10-14(9-12)24-3/h4-10,16H,11H2,1-3H3,(H,20,22)/t16-,19+/m0/s1. The molecular weight excluding hydrogens is 320 g/mol. The van der Waals surface area contributed by atoms with Crippen LogP contribution in [0, 0.1) is 0 Å². The molecule has 2 atom stereocenters. The number of carbonyl (C=O) groups excluding carboxylic acids is 1. The van der Waals surface area contributed by atoms with Crippen LogP contribution in [0.4, 0.5) is 10.5 Å². The fourth-order valence-electron chi connectivity index (χ4n) is 3.63. The van der Waals surface area contributed by atoms with Crippen molar-refractivity contribution < 1.29 is 19.0 Å². The number of amides is 2. The summed E-state index contributed by atoms with van der Waals surface area (Å²) in [5, 5.41) is 3.08. The summed E-state index contributed by atoms with van der Waals surface area (Å²) in [5.74, 6) is 2.02. The summed E-state index contributed by atoms with van der Waals surface area (Å²) in [6.07, 6.45) is 0.648. The average Bonchev–Trinajstić information content (AvgIpc) is 2.60. The number of anilines is 1. The van der Waals surface area contributed by atoms with E-state index in [1.54, 1.807) is 37.3 Å². The fraction of sp³-hybridized carbons (Fsp3) is 0.316. The maximum absolute atomic E-state index is 12.9. The smallest absolute Gasteiger partial charge is 0.325 e. The molecule has 2 aliphatic heterocycles. The lowest BCUT2D eigenvalue weighted by atomic mass is 9.90. The molecule has 25 heavy (non-hydrogen) atoms. The van der Waals surface area contributed by atoms with Crippen LogP contribution >= 0.6 is 0 Å². The molecule has 2 aromatic rings. The third-order valence-electron chi connectivity index (χ3n) is 4.78. The monoisotopic (exact) mass is 340 g/mol. The van der Waals surface area contributed by atoms with E-state index in [-0.39, 0.29) is 12.1 Å². The Kier molecular flexibility index (Phi) is 3.49. The largest absolute Gasteiger partial charge is 0.497 e. The van der Waals surface area contributed by atoms with Crippen molar-refractivity contribution >= 4 is 11.7 Å². The van der Waals surface area contributed by atoms with Gasteiger partial charge in [-0.05, 0) is 13.0 Å². The summed E-state index contributed by atoms with van der Waals surface area (Å²) in [6, 6.07) is 12.9. The molecule has 6 heteroatoms. The average molecular weight is 340 g/mol. The minimum Gasteiger partial charge on any atom is -0.497 e. The van der Waals surface area contributed by atoms with Gasteiger partial charge in [0.2, 0.25) is 0 Å². The number of benzene rings is 2. The Hall–Kier alpha value is -2.89. The third-order valence-corrected chi connectivity index (χ3v) is 4.78. The predicted molar refractivity (Wildman–Crippen MR) is 93.4 cm³/mol. The highest BCUT2D eigenvalue weighted by Crippen LogP contribution is 2.46. The van der Waals surface area contributed by atoms with E-state index >= 15 is 0 Å². The van der Waals surface area contributed by atoms with Crippen LogP contribution in [0.3, 0.4) is 0 Å². The minimum atomic E-state index is -0.793. The molecule has 0 unspecified atom stereocenters. The van der Waals surface area contributed by atoms with Gasteiger partial charge in [0.05, 0.1) is 25.9 Å². The number of ether oxygens (including phenoxy) is 3. The molecule has 1 N–H and O–H groups in total. The Balaban J connectivity index is 1.80. The highest BCUT2D eigenvalue weighted by molar-refractivity contribution is 5.95. The highest BCUT2D eigenvalue weighted by Gasteiger charge is 2.49. The van der Waals surface area contributed by atoms with Gasteiger partial charge in [-0.3, -0.25) is 4.90 Å². The second-order valence-corrected chi connectivity index (χ2v) is 6.43. The number of nitrogens with zero attached hydrogens (tertiary/aromatic N) is 1. The zero-order valence-electron chi connectivity index (χ0n) is 14.4. The number of nitrogens with one attached hydrogen (secondary N) is 1. The van der Waals surface area contributed by atoms with Gasteiger partial charge in [-0.1, -0.05) is 18.2 Å². The molecule has 6 nitrogen and oxygen atoms in total. The molecule has 2 bridgehead atoms. The van der Waals surface area contributed by atoms with Gasteiger partial charge in [-0.2, -0.15) is 0 Å². The number of fused-ring (bicyclic) bond motifs is 4. The molecule has 0 radical (unpaired) electrons. The van der Waals surface area contributed by atoms with E-state index in [9.17, 15) is 4.79 Å². The predicted octanol–water partition coefficient (Wildman–Crippen LogP) is 3.47. The first kappa shape index (κ1) is 15.6. The number of carbonyl (C=O) groups is 1. The maximum atomic E-state index is 12.9. The van der Waals surface area contributed by atoms with Crippen molar-refractivity contribution in [1.82, 2.24) is 5.32 Å². The van der Waals surface area contributed by atoms with Crippen LogP contribution in [-0.2, 0) is 0 Å². The fourth-order valence-corrected chi connectivity index (χ4v) is 3.63. The van der Waals surface area contributed by atoms with Crippen molar-refractivity contribution in [3.63, 3.8) is 0 Å². The van der Waals surface area contributed by atoms with E-state index in [1.807, 2.05) is 31.2 Å². The Morgan fingerprint density at radius 3 is 2.52 bits per heavy atom. The van der Waals surface area contributed by atoms with Gasteiger partial charge in [0.25, 0.3) is 0 Å². The van der Waals surface area contributed by atoms with Crippen molar-refractivity contribution in [2.75, 3.05) is 19.1 Å². The zero-order valence-corrected chi connectivity index (χ0v) is 14.4. The molecule has 2 heterocycles. The lowest BCUT2D eigenvalue weighted by Crippen LogP contribution is -2.65. The van der Waals surface area contributed by atoms with E-state index in [0.29, 0.717) is 23.6 Å². The van der Waals surface area contributed by atoms with Crippen molar-refractivity contribution in [2.24, 2.45) is 0 Å². The third kappa shape index (κ3) is 2.45. The van der Waals surface area contributed by atoms with Gasteiger partial charge in [0.1, 0.15) is 17.2 Å². The second-order valence-electron chi connectivity index (χ2n) is 6.43. The van der Waals surface area contributed by atoms with Crippen molar-refractivity contribution in [2.45, 2.75) is 25.1 Å². The molecule has 2 amide bonds. The number of hydrogen-bond acceptors (Lipinski definition) is 4. The normalized spacial score (nSPS) is 24.0. The molecule has 2 aliphatic rings. The van der Waals surface area contributed by atoms with Crippen LogP contribution in [0.1, 0.15) is 24.9 Å². The van der Waals surface area contributed by atoms with E-state index in [0.717, 1.165) is 11.3 Å². The first-order chi connectivity index (χ1) is 12.0. The van der Waals surface area contributed by atoms with Crippen LogP contribution in [-0.4, -0.2) is 26.0 Å². The summed E-state index contributed by atoms with van der Waals surface area (Å²) >= 11 is 0. The van der Waals surface area contributed by atoms with Crippen molar-refractivity contribution in [3.05, 3.63) is 48.0 Å². The molecule has 130 valence electrons. The van der Waals surface area contributed by atoms with Gasteiger partial charge in [-0.25, -0.2) is 4.79 Å². The van der Waals surface area contributed by atoms with Crippen molar-refractivity contribution in [3.8, 4) is 17.2 Å². The van der Waals surface area contributed by atoms with Crippen LogP contribution in [0.5, 0.6) is 17.2 Å². The maximum Gasteiger partial charge on any atom is 0.325 e. The quantitative estimate of drug-likeness (QED) is 0.929. The Labute approximate surface area is 146 Å². The molecule has 4 rings (SSSR count). The molecular formula is C19H20N2O4. The van der Waals surface area contributed by atoms with Crippen molar-refractivity contribution in [1.29, 1.82) is 0 Å². The Morgan fingerprint density at radius 2 is 1.84 bits per heavy atom. The summed E-state index contributed by atoms with van der Waals surface area (Å²) in [7, 11) is 3.17. The minimum absolute atomic E-state index is 0.0637. The van der Waals surface area contributed by atoms with Crippen LogP contribution in [0.2, 0.25) is 0 Å². The van der Waals surface area contributed by atoms with E-state index in [4.69, 9.17) is 14.2 Å². The van der Waals surface area contributed by atoms with Crippen LogP contribution in [0.25, 0.3) is 0 Å². The Morgan fingerprint density at radius 1 is 1.16 bits per heavy atom. The molecule has 0 saturated carbocycles. The molecule has 0 spiro atoms. The van der Waals surface area contributed by atoms with E-state index in [1.165, 1.54) is 0 Å². The lowest BCUT2D eigenvalue weighted by Gasteiger charge is -2.50. The molecule has 1 fully saturated rings. The first-order valence-corrected chi connectivity index (χ1v) is 8.16. The van der Waals surface area contributed by atoms with E-state index < -0.39 is 5.72 Å². The first-order valence-electron chi connectivity index (χ1n) is 8.16. The van der Waals surface area contributed by atoms with Gasteiger partial charge >= 0.3 is 6.03 Å². The zero-order chi connectivity index (χ0) is 17.6. The molecule has 0 aliphatic carbocycles. The van der Waals surface area contributed by atoms with Gasteiger partial charge in [-0.15, -0.1) is 0 Å². The lowest BCUT2D eigenvalue weighted by molar-refractivity contribution is 0.0378. The molecule has 0 aromatic heterocycles. The number of para-hydroxylation sites is 1. The summed E-state index contributed by atoms with van der Waals surface area (Å²) in [4.78, 5) is 14.5.